The molecule has 0 bridgehead atoms. The Morgan fingerprint density at radius 2 is 2.04 bits per heavy atom. The Labute approximate surface area is 163 Å². The van der Waals surface area contributed by atoms with Gasteiger partial charge in [0.25, 0.3) is 0 Å². The Hall–Kier alpha value is -0.600. The topological polar surface area (TPSA) is 60.9 Å². The molecule has 0 aromatic rings. The number of allylic oxidation sites excluding steroid dienone is 4. The molecule has 1 aliphatic heterocycles. The first-order chi connectivity index (χ1) is 12.4. The van der Waals surface area contributed by atoms with Gasteiger partial charge in [-0.05, 0) is 57.3 Å². The molecule has 148 valence electrons. The fourth-order valence-corrected chi connectivity index (χ4v) is 5.49. The molecule has 1 aliphatic carbocycles. The summed E-state index contributed by atoms with van der Waals surface area (Å²) in [5.41, 5.74) is 1.10. The fraction of sp³-hybridized carbons (Fsp3) is 0.737. The number of piperidine rings is 1. The number of rotatable bonds is 10. The summed E-state index contributed by atoms with van der Waals surface area (Å²) in [5, 5.41) is 9.51. The van der Waals surface area contributed by atoms with Gasteiger partial charge in [0.1, 0.15) is 0 Å². The second-order valence-electron chi connectivity index (χ2n) is 7.26. The summed E-state index contributed by atoms with van der Waals surface area (Å²) in [7, 11) is -3.39. The van der Waals surface area contributed by atoms with E-state index in [9.17, 15) is 13.5 Å². The second kappa shape index (κ2) is 10.7. The molecule has 0 radical (unpaired) electrons. The molecule has 1 saturated heterocycles. The summed E-state index contributed by atoms with van der Waals surface area (Å²) in [6, 6.07) is -0.383. The molecule has 1 N–H and O–H groups in total. The van der Waals surface area contributed by atoms with Crippen molar-refractivity contribution in [2.24, 2.45) is 0 Å². The Bertz CT molecular complexity index is 623. The van der Waals surface area contributed by atoms with E-state index in [0.717, 1.165) is 36.5 Å². The molecule has 0 saturated carbocycles. The second-order valence-corrected chi connectivity index (χ2v) is 9.82. The van der Waals surface area contributed by atoms with Crippen molar-refractivity contribution in [3.63, 3.8) is 0 Å². The summed E-state index contributed by atoms with van der Waals surface area (Å²) in [6.07, 6.45) is 11.8. The third-order valence-corrected chi connectivity index (χ3v) is 7.41. The lowest BCUT2D eigenvalue weighted by Crippen LogP contribution is -2.46. The fourth-order valence-electron chi connectivity index (χ4n) is 3.52. The van der Waals surface area contributed by atoms with Crippen molar-refractivity contribution in [3.8, 4) is 0 Å². The smallest absolute Gasteiger partial charge is 0.214 e. The van der Waals surface area contributed by atoms with Crippen LogP contribution in [0.4, 0.5) is 0 Å². The Morgan fingerprint density at radius 3 is 2.69 bits per heavy atom. The zero-order chi connectivity index (χ0) is 19.0. The molecule has 0 spiro atoms. The zero-order valence-corrected chi connectivity index (χ0v) is 17.4. The van der Waals surface area contributed by atoms with Crippen molar-refractivity contribution in [2.75, 3.05) is 38.5 Å². The monoisotopic (exact) mass is 400 g/mol. The normalized spacial score (nSPS) is 20.4. The lowest BCUT2D eigenvalue weighted by Gasteiger charge is -2.32. The van der Waals surface area contributed by atoms with E-state index < -0.39 is 10.0 Å². The molecule has 1 fully saturated rings. The van der Waals surface area contributed by atoms with Crippen molar-refractivity contribution >= 4 is 27.1 Å². The van der Waals surface area contributed by atoms with Crippen LogP contribution in [0.1, 0.15) is 45.4 Å². The Balaban J connectivity index is 1.89. The van der Waals surface area contributed by atoms with Crippen molar-refractivity contribution in [2.45, 2.75) is 51.5 Å². The van der Waals surface area contributed by atoms with E-state index >= 15 is 0 Å². The molecule has 1 atom stereocenters. The highest BCUT2D eigenvalue weighted by atomic mass is 32.2. The van der Waals surface area contributed by atoms with Crippen LogP contribution in [0.2, 0.25) is 0 Å². The van der Waals surface area contributed by atoms with E-state index in [0.29, 0.717) is 19.4 Å². The summed E-state index contributed by atoms with van der Waals surface area (Å²) in [6.45, 7) is 4.91. The summed E-state index contributed by atoms with van der Waals surface area (Å²) < 4.78 is 27.2. The minimum absolute atomic E-state index is 0.106. The molecule has 0 unspecified atom stereocenters. The van der Waals surface area contributed by atoms with Crippen LogP contribution in [0.5, 0.6) is 0 Å². The Morgan fingerprint density at radius 1 is 1.31 bits per heavy atom. The lowest BCUT2D eigenvalue weighted by atomic mass is 10.0. The van der Waals surface area contributed by atoms with Crippen LogP contribution in [-0.4, -0.2) is 72.2 Å². The number of aliphatic hydroxyl groups is 1. The average molecular weight is 401 g/mol. The number of hydrogen-bond acceptors (Lipinski definition) is 5. The van der Waals surface area contributed by atoms with Gasteiger partial charge in [0.15, 0.2) is 0 Å². The van der Waals surface area contributed by atoms with Crippen LogP contribution in [-0.2, 0) is 10.0 Å². The first-order valence-electron chi connectivity index (χ1n) is 9.65. The third-order valence-electron chi connectivity index (χ3n) is 5.06. The summed E-state index contributed by atoms with van der Waals surface area (Å²) in [4.78, 5) is 3.23. The predicted molar refractivity (Wildman–Crippen MR) is 111 cm³/mol. The van der Waals surface area contributed by atoms with E-state index in [1.807, 2.05) is 18.2 Å². The molecule has 2 aliphatic rings. The zero-order valence-electron chi connectivity index (χ0n) is 15.8. The van der Waals surface area contributed by atoms with Gasteiger partial charge in [-0.1, -0.05) is 30.8 Å². The highest BCUT2D eigenvalue weighted by molar-refractivity contribution is 7.89. The van der Waals surface area contributed by atoms with E-state index in [1.54, 1.807) is 6.92 Å². The van der Waals surface area contributed by atoms with Crippen molar-refractivity contribution in [1.29, 1.82) is 0 Å². The van der Waals surface area contributed by atoms with E-state index in [4.69, 9.17) is 12.2 Å². The van der Waals surface area contributed by atoms with E-state index in [1.165, 1.54) is 23.6 Å². The maximum absolute atomic E-state index is 12.8. The number of aliphatic hydroxyl groups excluding tert-OH is 1. The van der Waals surface area contributed by atoms with E-state index in [2.05, 4.69) is 4.90 Å². The highest BCUT2D eigenvalue weighted by Crippen LogP contribution is 2.17. The summed E-state index contributed by atoms with van der Waals surface area (Å²) in [5.74, 6) is 0.106. The maximum Gasteiger partial charge on any atom is 0.214 e. The van der Waals surface area contributed by atoms with Gasteiger partial charge < -0.3 is 10.0 Å². The van der Waals surface area contributed by atoms with Crippen LogP contribution >= 0.6 is 12.2 Å². The minimum Gasteiger partial charge on any atom is -0.395 e. The van der Waals surface area contributed by atoms with Crippen LogP contribution in [0.25, 0.3) is 0 Å². The first kappa shape index (κ1) is 21.7. The average Bonchev–Trinajstić information content (AvgIpc) is 2.62. The highest BCUT2D eigenvalue weighted by Gasteiger charge is 2.27. The van der Waals surface area contributed by atoms with Gasteiger partial charge in [-0.25, -0.2) is 8.42 Å². The number of likely N-dealkylation sites (tertiary alicyclic amines) is 1. The predicted octanol–water partition coefficient (Wildman–Crippen LogP) is 2.52. The van der Waals surface area contributed by atoms with Gasteiger partial charge in [-0.15, -0.1) is 0 Å². The lowest BCUT2D eigenvalue weighted by molar-refractivity contribution is 0.168. The van der Waals surface area contributed by atoms with Gasteiger partial charge >= 0.3 is 0 Å². The number of nitrogens with zero attached hydrogens (tertiary/aromatic N) is 2. The van der Waals surface area contributed by atoms with Crippen molar-refractivity contribution in [3.05, 3.63) is 23.8 Å². The van der Waals surface area contributed by atoms with Gasteiger partial charge in [-0.2, -0.15) is 4.31 Å². The van der Waals surface area contributed by atoms with E-state index in [-0.39, 0.29) is 18.4 Å². The SMILES string of the molecule is C[C@H](CO)N(CCN1CCCCC1)S(=O)(=O)CCCC1=CC(=S)CC=C1. The molecule has 7 heteroatoms. The molecule has 0 amide bonds. The van der Waals surface area contributed by atoms with Crippen molar-refractivity contribution in [1.82, 2.24) is 9.21 Å². The Kier molecular flexibility index (Phi) is 8.90. The molecule has 5 nitrogen and oxygen atoms in total. The third kappa shape index (κ3) is 6.85. The first-order valence-corrected chi connectivity index (χ1v) is 11.7. The van der Waals surface area contributed by atoms with Crippen molar-refractivity contribution < 1.29 is 13.5 Å². The van der Waals surface area contributed by atoms with Crippen LogP contribution in [0.3, 0.4) is 0 Å². The van der Waals surface area contributed by atoms with Gasteiger partial charge in [0, 0.05) is 30.4 Å². The molecule has 1 heterocycles. The van der Waals surface area contributed by atoms with Crippen LogP contribution in [0.15, 0.2) is 23.8 Å². The number of thiocarbonyl (C=S) groups is 1. The maximum atomic E-state index is 12.8. The van der Waals surface area contributed by atoms with Gasteiger partial charge in [0.2, 0.25) is 10.0 Å². The standard InChI is InChI=1S/C19H32N2O3S2/c1-17(16-22)21(13-12-20-10-3-2-4-11-20)26(23,24)14-6-8-18-7-5-9-19(25)15-18/h5,7,15,17,22H,2-4,6,8-14,16H2,1H3/t17-/m1/s1. The molecular weight excluding hydrogens is 368 g/mol. The molecule has 0 aromatic carbocycles. The molecule has 0 aromatic heterocycles. The summed E-state index contributed by atoms with van der Waals surface area (Å²) >= 11 is 5.21. The number of sulfonamides is 1. The van der Waals surface area contributed by atoms with Gasteiger partial charge in [-0.3, -0.25) is 0 Å². The number of hydrogen-bond donors (Lipinski definition) is 1. The molecular formula is C19H32N2O3S2. The minimum atomic E-state index is -3.39. The largest absolute Gasteiger partial charge is 0.395 e. The van der Waals surface area contributed by atoms with Crippen LogP contribution < -0.4 is 0 Å². The quantitative estimate of drug-likeness (QED) is 0.571. The molecule has 26 heavy (non-hydrogen) atoms. The van der Waals surface area contributed by atoms with Gasteiger partial charge in [0.05, 0.1) is 12.4 Å². The molecule has 2 rings (SSSR count). The van der Waals surface area contributed by atoms with Crippen LogP contribution in [0, 0.1) is 0 Å².